The smallest absolute Gasteiger partial charge is 0.0604 e. The van der Waals surface area contributed by atoms with E-state index in [9.17, 15) is 0 Å². The second-order valence-corrected chi connectivity index (χ2v) is 2.41. The van der Waals surface area contributed by atoms with Crippen molar-refractivity contribution < 1.29 is 4.74 Å². The largest absolute Gasteiger partial charge is 0.380 e. The van der Waals surface area contributed by atoms with Gasteiger partial charge in [-0.05, 0) is 13.5 Å². The van der Waals surface area contributed by atoms with Crippen molar-refractivity contribution in [3.05, 3.63) is 0 Å². The fraction of sp³-hybridized carbons (Fsp3) is 0.750. The molecule has 56 valence electrons. The molecule has 10 heavy (non-hydrogen) atoms. The normalized spacial score (nSPS) is 23.9. The summed E-state index contributed by atoms with van der Waals surface area (Å²) in [6.07, 6.45) is 1.11. The molecule has 0 aromatic heterocycles. The van der Waals surface area contributed by atoms with Crippen molar-refractivity contribution in [1.29, 1.82) is 0 Å². The summed E-state index contributed by atoms with van der Waals surface area (Å²) in [5, 5.41) is 2.98. The van der Waals surface area contributed by atoms with Crippen LogP contribution >= 0.6 is 0 Å². The van der Waals surface area contributed by atoms with Gasteiger partial charge in [-0.25, -0.2) is 0 Å². The molecule has 1 rings (SSSR count). The van der Waals surface area contributed by atoms with Gasteiger partial charge in [-0.15, -0.1) is 0 Å². The van der Waals surface area contributed by atoms with Crippen LogP contribution in [0.25, 0.3) is 0 Å². The Morgan fingerprint density at radius 1 is 1.70 bits per heavy atom. The maximum Gasteiger partial charge on any atom is 0.0604 e. The molecule has 0 spiro atoms. The van der Waals surface area contributed by atoms with E-state index in [-0.39, 0.29) is 0 Å². The molecule has 1 unspecified atom stereocenters. The van der Waals surface area contributed by atoms with E-state index in [1.807, 2.05) is 7.05 Å². The van der Waals surface area contributed by atoms with Gasteiger partial charge in [0.05, 0.1) is 13.2 Å². The van der Waals surface area contributed by atoms with Crippen molar-refractivity contribution in [2.45, 2.75) is 6.42 Å². The molecule has 1 saturated heterocycles. The van der Waals surface area contributed by atoms with Crippen molar-refractivity contribution in [2.75, 3.05) is 26.8 Å². The van der Waals surface area contributed by atoms with Gasteiger partial charge in [-0.1, -0.05) is 11.8 Å². The molecule has 0 aromatic carbocycles. The Morgan fingerprint density at radius 2 is 2.60 bits per heavy atom. The van der Waals surface area contributed by atoms with Crippen molar-refractivity contribution in [3.63, 3.8) is 0 Å². The fourth-order valence-corrected chi connectivity index (χ4v) is 0.932. The number of rotatable bonds is 1. The van der Waals surface area contributed by atoms with E-state index >= 15 is 0 Å². The van der Waals surface area contributed by atoms with E-state index in [1.54, 1.807) is 0 Å². The van der Waals surface area contributed by atoms with Crippen LogP contribution in [0.1, 0.15) is 6.42 Å². The second kappa shape index (κ2) is 4.32. The van der Waals surface area contributed by atoms with Crippen LogP contribution in [0.4, 0.5) is 0 Å². The molecule has 1 aliphatic rings. The molecule has 1 heterocycles. The average molecular weight is 139 g/mol. The molecule has 0 radical (unpaired) electrons. The van der Waals surface area contributed by atoms with Gasteiger partial charge >= 0.3 is 0 Å². The van der Waals surface area contributed by atoms with Gasteiger partial charge < -0.3 is 10.1 Å². The first-order valence-electron chi connectivity index (χ1n) is 3.64. The summed E-state index contributed by atoms with van der Waals surface area (Å²) in [7, 11) is 1.90. The Kier molecular flexibility index (Phi) is 3.28. The first-order valence-corrected chi connectivity index (χ1v) is 3.64. The Labute approximate surface area is 62.0 Å². The molecule has 0 bridgehead atoms. The molecular weight excluding hydrogens is 126 g/mol. The average Bonchev–Trinajstić information content (AvgIpc) is 2.41. The zero-order valence-corrected chi connectivity index (χ0v) is 6.31. The third kappa shape index (κ3) is 2.38. The van der Waals surface area contributed by atoms with Crippen LogP contribution in [0.3, 0.4) is 0 Å². The van der Waals surface area contributed by atoms with Crippen LogP contribution in [0.2, 0.25) is 0 Å². The van der Waals surface area contributed by atoms with Gasteiger partial charge in [-0.3, -0.25) is 0 Å². The van der Waals surface area contributed by atoms with Gasteiger partial charge in [0.15, 0.2) is 0 Å². The number of hydrogen-bond acceptors (Lipinski definition) is 2. The minimum absolute atomic E-state index is 0.494. The van der Waals surface area contributed by atoms with Gasteiger partial charge in [0.25, 0.3) is 0 Å². The standard InChI is InChI=1S/C8H13NO/c1-9-5-2-3-8-4-6-10-7-8/h8-9H,4-7H2,1H3. The Bertz CT molecular complexity index is 139. The number of ether oxygens (including phenoxy) is 1. The molecule has 1 atom stereocenters. The second-order valence-electron chi connectivity index (χ2n) is 2.41. The maximum atomic E-state index is 5.16. The van der Waals surface area contributed by atoms with Gasteiger partial charge in [-0.2, -0.15) is 0 Å². The van der Waals surface area contributed by atoms with Crippen LogP contribution in [0.5, 0.6) is 0 Å². The lowest BCUT2D eigenvalue weighted by Gasteiger charge is -1.92. The first-order chi connectivity index (χ1) is 4.93. The van der Waals surface area contributed by atoms with E-state index in [0.717, 1.165) is 26.2 Å². The molecule has 2 nitrogen and oxygen atoms in total. The lowest BCUT2D eigenvalue weighted by Crippen LogP contribution is -2.05. The summed E-state index contributed by atoms with van der Waals surface area (Å²) < 4.78 is 5.16. The van der Waals surface area contributed by atoms with Gasteiger partial charge in [0, 0.05) is 12.5 Å². The summed E-state index contributed by atoms with van der Waals surface area (Å²) in [6.45, 7) is 2.51. The Hall–Kier alpha value is -0.520. The summed E-state index contributed by atoms with van der Waals surface area (Å²) >= 11 is 0. The molecule has 1 aliphatic heterocycles. The molecule has 1 N–H and O–H groups in total. The Balaban J connectivity index is 2.17. The fourth-order valence-electron chi connectivity index (χ4n) is 0.932. The van der Waals surface area contributed by atoms with E-state index < -0.39 is 0 Å². The lowest BCUT2D eigenvalue weighted by molar-refractivity contribution is 0.192. The molecule has 2 heteroatoms. The predicted octanol–water partition coefficient (Wildman–Crippen LogP) is 0.246. The topological polar surface area (TPSA) is 21.3 Å². The van der Waals surface area contributed by atoms with E-state index in [1.165, 1.54) is 0 Å². The van der Waals surface area contributed by atoms with Gasteiger partial charge in [0.2, 0.25) is 0 Å². The van der Waals surface area contributed by atoms with Crippen molar-refractivity contribution in [2.24, 2.45) is 5.92 Å². The van der Waals surface area contributed by atoms with Crippen LogP contribution in [-0.4, -0.2) is 26.8 Å². The van der Waals surface area contributed by atoms with Crippen molar-refractivity contribution >= 4 is 0 Å². The van der Waals surface area contributed by atoms with Crippen LogP contribution < -0.4 is 5.32 Å². The van der Waals surface area contributed by atoms with Crippen molar-refractivity contribution in [3.8, 4) is 11.8 Å². The maximum absolute atomic E-state index is 5.16. The number of nitrogens with one attached hydrogen (secondary N) is 1. The minimum Gasteiger partial charge on any atom is -0.380 e. The number of hydrogen-bond donors (Lipinski definition) is 1. The molecule has 0 amide bonds. The minimum atomic E-state index is 0.494. The third-order valence-electron chi connectivity index (χ3n) is 1.50. The quantitative estimate of drug-likeness (QED) is 0.526. The molecular formula is C8H13NO. The van der Waals surface area contributed by atoms with Crippen LogP contribution in [0.15, 0.2) is 0 Å². The zero-order chi connectivity index (χ0) is 7.23. The highest BCUT2D eigenvalue weighted by atomic mass is 16.5. The molecule has 0 saturated carbocycles. The van der Waals surface area contributed by atoms with Crippen LogP contribution in [0, 0.1) is 17.8 Å². The summed E-state index contributed by atoms with van der Waals surface area (Å²) in [4.78, 5) is 0. The lowest BCUT2D eigenvalue weighted by atomic mass is 10.1. The summed E-state index contributed by atoms with van der Waals surface area (Å²) in [5.41, 5.74) is 0. The highest BCUT2D eigenvalue weighted by Crippen LogP contribution is 2.09. The monoisotopic (exact) mass is 139 g/mol. The molecule has 0 aliphatic carbocycles. The first kappa shape index (κ1) is 7.59. The third-order valence-corrected chi connectivity index (χ3v) is 1.50. The molecule has 1 fully saturated rings. The Morgan fingerprint density at radius 3 is 3.20 bits per heavy atom. The zero-order valence-electron chi connectivity index (χ0n) is 6.31. The summed E-state index contributed by atoms with van der Waals surface area (Å²) in [6, 6.07) is 0. The van der Waals surface area contributed by atoms with Crippen LogP contribution in [-0.2, 0) is 4.74 Å². The van der Waals surface area contributed by atoms with E-state index in [4.69, 9.17) is 4.74 Å². The van der Waals surface area contributed by atoms with E-state index in [2.05, 4.69) is 17.2 Å². The summed E-state index contributed by atoms with van der Waals surface area (Å²) in [5.74, 6) is 6.67. The highest BCUT2D eigenvalue weighted by molar-refractivity contribution is 5.05. The predicted molar refractivity (Wildman–Crippen MR) is 40.6 cm³/mol. The highest BCUT2D eigenvalue weighted by Gasteiger charge is 2.11. The van der Waals surface area contributed by atoms with Crippen molar-refractivity contribution in [1.82, 2.24) is 5.32 Å². The van der Waals surface area contributed by atoms with E-state index in [0.29, 0.717) is 5.92 Å². The van der Waals surface area contributed by atoms with Gasteiger partial charge in [0.1, 0.15) is 0 Å². The SMILES string of the molecule is CNCC#CC1CCOC1. The molecule has 0 aromatic rings.